The molecule has 0 aliphatic heterocycles. The number of fused-ring (bicyclic) bond motifs is 2. The van der Waals surface area contributed by atoms with Gasteiger partial charge < -0.3 is 10.2 Å². The van der Waals surface area contributed by atoms with Crippen molar-refractivity contribution >= 4 is 45.0 Å². The van der Waals surface area contributed by atoms with Crippen LogP contribution in [0.1, 0.15) is 69.0 Å². The van der Waals surface area contributed by atoms with Gasteiger partial charge in [0.15, 0.2) is 0 Å². The van der Waals surface area contributed by atoms with Crippen LogP contribution >= 0.6 is 23.2 Å². The Morgan fingerprint density at radius 1 is 0.412 bits per heavy atom. The fraction of sp³-hybridized carbons (Fsp3) is 0.111. The zero-order valence-electron chi connectivity index (χ0n) is 35.9. The summed E-state index contributed by atoms with van der Waals surface area (Å²) in [6, 6.07) is 60.7. The van der Waals surface area contributed by atoms with Crippen LogP contribution in [-0.4, -0.2) is 39.7 Å². The van der Waals surface area contributed by atoms with Crippen LogP contribution in [0.2, 0.25) is 10.3 Å². The molecule has 340 valence electrons. The lowest BCUT2D eigenvalue weighted by Crippen LogP contribution is -2.38. The number of aromatic nitrogens is 6. The van der Waals surface area contributed by atoms with E-state index >= 15 is 0 Å². The van der Waals surface area contributed by atoms with Crippen LogP contribution in [-0.2, 0) is 24.3 Å². The molecule has 0 fully saturated rings. The largest absolute Gasteiger partial charge is 0.390 e. The third-order valence-corrected chi connectivity index (χ3v) is 12.4. The fourth-order valence-electron chi connectivity index (χ4n) is 9.27. The molecule has 8 nitrogen and oxygen atoms in total. The second-order valence-electron chi connectivity index (χ2n) is 15.7. The lowest BCUT2D eigenvalue weighted by molar-refractivity contribution is 0.145. The number of aliphatic hydroxyl groups excluding tert-OH is 2. The van der Waals surface area contributed by atoms with Crippen molar-refractivity contribution in [3.63, 3.8) is 0 Å². The number of nitrogens with zero attached hydrogens (tertiary/aromatic N) is 6. The number of halogens is 6. The number of rotatable bonds is 12. The smallest absolute Gasteiger partial charge is 0.282 e. The standard InChI is InChI=1S/2C27H20ClF2N3O/c2*28-23-16-22-24(21(17-34)31-23)25(26(29)30)32-33(22)27(18-10-4-1-5-11-18,19-12-6-2-7-13-19)20-14-8-3-9-15-20/h2*1-16,26,34H,17H2. The lowest BCUT2D eigenvalue weighted by atomic mass is 9.77. The molecule has 0 bridgehead atoms. The third kappa shape index (κ3) is 7.98. The highest BCUT2D eigenvalue weighted by molar-refractivity contribution is 6.30. The van der Waals surface area contributed by atoms with Gasteiger partial charge in [-0.3, -0.25) is 0 Å². The number of benzene rings is 6. The molecular weight excluding hydrogens is 912 g/mol. The molecule has 0 atom stereocenters. The predicted octanol–water partition coefficient (Wildman–Crippen LogP) is 12.7. The van der Waals surface area contributed by atoms with Crippen molar-refractivity contribution in [1.82, 2.24) is 29.5 Å². The Morgan fingerprint density at radius 2 is 0.647 bits per heavy atom. The van der Waals surface area contributed by atoms with Gasteiger partial charge in [-0.2, -0.15) is 10.2 Å². The van der Waals surface area contributed by atoms with Gasteiger partial charge >= 0.3 is 0 Å². The molecule has 14 heteroatoms. The Hall–Kier alpha value is -7.22. The zero-order chi connectivity index (χ0) is 47.4. The van der Waals surface area contributed by atoms with Gasteiger partial charge in [0.2, 0.25) is 0 Å². The molecule has 0 spiro atoms. The SMILES string of the molecule is OCc1nc(Cl)cc2c1c(C(F)F)nn2C(c1ccccc1)(c1ccccc1)c1ccccc1.OCc1nc(Cl)cc2c1c(C(F)F)nn2C(c1ccccc1)(c1ccccc1)c1ccccc1. The molecule has 0 aliphatic rings. The molecule has 10 rings (SSSR count). The van der Waals surface area contributed by atoms with Gasteiger partial charge in [-0.1, -0.05) is 205 Å². The Bertz CT molecular complexity index is 2880. The highest BCUT2D eigenvalue weighted by Crippen LogP contribution is 2.46. The molecular formula is C54H40Cl2F4N6O2. The van der Waals surface area contributed by atoms with Crippen LogP contribution in [0.3, 0.4) is 0 Å². The van der Waals surface area contributed by atoms with E-state index in [9.17, 15) is 27.8 Å². The van der Waals surface area contributed by atoms with E-state index in [0.29, 0.717) is 11.0 Å². The van der Waals surface area contributed by atoms with Crippen molar-refractivity contribution in [1.29, 1.82) is 0 Å². The normalized spacial score (nSPS) is 11.9. The lowest BCUT2D eigenvalue weighted by Gasteiger charge is -2.37. The van der Waals surface area contributed by atoms with Gasteiger partial charge in [0.05, 0.1) is 46.4 Å². The maximum atomic E-state index is 14.3. The molecule has 0 radical (unpaired) electrons. The van der Waals surface area contributed by atoms with Gasteiger partial charge in [0, 0.05) is 12.1 Å². The fourth-order valence-corrected chi connectivity index (χ4v) is 9.68. The summed E-state index contributed by atoms with van der Waals surface area (Å²) in [7, 11) is 0. The van der Waals surface area contributed by atoms with Crippen molar-refractivity contribution in [3.8, 4) is 0 Å². The first kappa shape index (κ1) is 45.9. The van der Waals surface area contributed by atoms with E-state index in [1.54, 1.807) is 9.36 Å². The second-order valence-corrected chi connectivity index (χ2v) is 16.5. The summed E-state index contributed by atoms with van der Waals surface area (Å²) in [5, 5.41) is 29.2. The van der Waals surface area contributed by atoms with E-state index < -0.39 is 48.5 Å². The quantitative estimate of drug-likeness (QED) is 0.0719. The predicted molar refractivity (Wildman–Crippen MR) is 256 cm³/mol. The average molecular weight is 952 g/mol. The number of aliphatic hydroxyl groups is 2. The number of hydrogen-bond donors (Lipinski definition) is 2. The van der Waals surface area contributed by atoms with Crippen LogP contribution in [0.4, 0.5) is 17.6 Å². The zero-order valence-corrected chi connectivity index (χ0v) is 37.4. The van der Waals surface area contributed by atoms with Gasteiger partial charge in [-0.25, -0.2) is 36.9 Å². The van der Waals surface area contributed by atoms with Gasteiger partial charge in [0.1, 0.15) is 32.8 Å². The van der Waals surface area contributed by atoms with Crippen LogP contribution < -0.4 is 0 Å². The maximum Gasteiger partial charge on any atom is 0.282 e. The molecule has 2 N–H and O–H groups in total. The minimum absolute atomic E-state index is 0.0622. The Morgan fingerprint density at radius 3 is 0.853 bits per heavy atom. The van der Waals surface area contributed by atoms with E-state index in [-0.39, 0.29) is 32.5 Å². The van der Waals surface area contributed by atoms with Gasteiger partial charge in [-0.15, -0.1) is 0 Å². The van der Waals surface area contributed by atoms with Crippen LogP contribution in [0, 0.1) is 0 Å². The molecule has 0 saturated carbocycles. The summed E-state index contributed by atoms with van der Waals surface area (Å²) in [6.45, 7) is -1.09. The molecule has 0 unspecified atom stereocenters. The highest BCUT2D eigenvalue weighted by atomic mass is 35.5. The second kappa shape index (κ2) is 19.6. The Kier molecular flexibility index (Phi) is 13.2. The Balaban J connectivity index is 0.000000170. The van der Waals surface area contributed by atoms with Crippen LogP contribution in [0.15, 0.2) is 194 Å². The summed E-state index contributed by atoms with van der Waals surface area (Å²) in [6.07, 6.45) is -5.76. The van der Waals surface area contributed by atoms with Gasteiger partial charge in [0.25, 0.3) is 12.9 Å². The van der Waals surface area contributed by atoms with Crippen molar-refractivity contribution < 1.29 is 27.8 Å². The summed E-state index contributed by atoms with van der Waals surface area (Å²) in [5.41, 5.74) is 2.71. The van der Waals surface area contributed by atoms with Crippen LogP contribution in [0.25, 0.3) is 21.8 Å². The number of pyridine rings is 2. The summed E-state index contributed by atoms with van der Waals surface area (Å²) in [4.78, 5) is 8.21. The molecule has 68 heavy (non-hydrogen) atoms. The highest BCUT2D eigenvalue weighted by Gasteiger charge is 2.43. The van der Waals surface area contributed by atoms with E-state index in [0.717, 1.165) is 33.4 Å². The van der Waals surface area contributed by atoms with Gasteiger partial charge in [-0.05, 0) is 33.4 Å². The van der Waals surface area contributed by atoms with E-state index in [4.69, 9.17) is 23.2 Å². The minimum Gasteiger partial charge on any atom is -0.390 e. The third-order valence-electron chi connectivity index (χ3n) is 12.0. The molecule has 0 aliphatic carbocycles. The maximum absolute atomic E-state index is 14.3. The summed E-state index contributed by atoms with van der Waals surface area (Å²) >= 11 is 12.6. The van der Waals surface area contributed by atoms with Crippen molar-refractivity contribution in [2.75, 3.05) is 0 Å². The topological polar surface area (TPSA) is 102 Å². The average Bonchev–Trinajstić information content (AvgIpc) is 3.96. The summed E-state index contributed by atoms with van der Waals surface area (Å²) < 4.78 is 60.4. The first-order valence-electron chi connectivity index (χ1n) is 21.4. The minimum atomic E-state index is -2.88. The molecule has 0 amide bonds. The number of hydrogen-bond acceptors (Lipinski definition) is 6. The van der Waals surface area contributed by atoms with Crippen molar-refractivity contribution in [2.45, 2.75) is 37.1 Å². The Labute approximate surface area is 398 Å². The number of alkyl halides is 4. The molecule has 4 aromatic heterocycles. The van der Waals surface area contributed by atoms with E-state index in [2.05, 4.69) is 20.2 Å². The molecule has 4 heterocycles. The monoisotopic (exact) mass is 950 g/mol. The molecule has 10 aromatic rings. The molecule has 0 saturated heterocycles. The van der Waals surface area contributed by atoms with E-state index in [1.165, 1.54) is 12.1 Å². The molecule has 6 aromatic carbocycles. The van der Waals surface area contributed by atoms with E-state index in [1.807, 2.05) is 182 Å². The first-order chi connectivity index (χ1) is 33.1. The summed E-state index contributed by atoms with van der Waals surface area (Å²) in [5.74, 6) is 0. The van der Waals surface area contributed by atoms with Crippen molar-refractivity contribution in [3.05, 3.63) is 261 Å². The first-order valence-corrected chi connectivity index (χ1v) is 22.2. The van der Waals surface area contributed by atoms with Crippen molar-refractivity contribution in [2.24, 2.45) is 0 Å². The van der Waals surface area contributed by atoms with Crippen LogP contribution in [0.5, 0.6) is 0 Å².